The molecule has 1 unspecified atom stereocenters. The van der Waals surface area contributed by atoms with Crippen molar-refractivity contribution >= 4 is 17.3 Å². The normalized spacial score (nSPS) is 20.1. The Hall–Kier alpha value is -2.96. The van der Waals surface area contributed by atoms with E-state index in [-0.39, 0.29) is 11.9 Å². The molecule has 2 atom stereocenters. The molecule has 0 radical (unpaired) electrons. The van der Waals surface area contributed by atoms with Gasteiger partial charge in [-0.3, -0.25) is 4.79 Å². The summed E-state index contributed by atoms with van der Waals surface area (Å²) < 4.78 is 26.2. The van der Waals surface area contributed by atoms with E-state index in [0.29, 0.717) is 24.0 Å². The van der Waals surface area contributed by atoms with Crippen LogP contribution in [-0.4, -0.2) is 50.0 Å². The minimum atomic E-state index is -0.833. The van der Waals surface area contributed by atoms with Gasteiger partial charge in [-0.1, -0.05) is 6.92 Å². The Bertz CT molecular complexity index is 896. The first-order valence-electron chi connectivity index (χ1n) is 11.8. The highest BCUT2D eigenvalue weighted by Crippen LogP contribution is 2.31. The zero-order valence-corrected chi connectivity index (χ0v) is 19.8. The second kappa shape index (κ2) is 11.8. The van der Waals surface area contributed by atoms with Crippen LogP contribution in [0.3, 0.4) is 0 Å². The highest BCUT2D eigenvalue weighted by Gasteiger charge is 2.29. The van der Waals surface area contributed by atoms with E-state index in [4.69, 9.17) is 19.4 Å². The van der Waals surface area contributed by atoms with E-state index >= 15 is 0 Å². The molecule has 33 heavy (non-hydrogen) atoms. The summed E-state index contributed by atoms with van der Waals surface area (Å²) in [6.07, 6.45) is 3.57. The van der Waals surface area contributed by atoms with Crippen LogP contribution in [0, 0.1) is 11.7 Å². The average Bonchev–Trinajstić information content (AvgIpc) is 3.32. The van der Waals surface area contributed by atoms with Gasteiger partial charge in [0.2, 0.25) is 0 Å². The van der Waals surface area contributed by atoms with E-state index in [9.17, 15) is 4.39 Å². The number of benzene rings is 2. The number of aliphatic carboxylic acids is 1. The van der Waals surface area contributed by atoms with Crippen molar-refractivity contribution in [3.63, 3.8) is 0 Å². The van der Waals surface area contributed by atoms with Crippen LogP contribution in [-0.2, 0) is 4.79 Å². The molecule has 0 aromatic heterocycles. The maximum Gasteiger partial charge on any atom is 0.300 e. The van der Waals surface area contributed by atoms with Gasteiger partial charge in [0.25, 0.3) is 5.97 Å². The Morgan fingerprint density at radius 2 is 1.70 bits per heavy atom. The molecule has 2 aromatic carbocycles. The van der Waals surface area contributed by atoms with E-state index in [2.05, 4.69) is 41.0 Å². The highest BCUT2D eigenvalue weighted by molar-refractivity contribution is 5.63. The number of anilines is 2. The molecule has 0 amide bonds. The Morgan fingerprint density at radius 3 is 2.30 bits per heavy atom. The van der Waals surface area contributed by atoms with Crippen LogP contribution in [0.4, 0.5) is 15.8 Å². The quantitative estimate of drug-likeness (QED) is 0.641. The number of piperidine rings is 1. The largest absolute Gasteiger partial charge is 0.494 e. The fraction of sp³-hybridized carbons (Fsp3) is 0.500. The molecule has 0 saturated carbocycles. The first-order valence-corrected chi connectivity index (χ1v) is 11.8. The number of hydrogen-bond acceptors (Lipinski definition) is 5. The van der Waals surface area contributed by atoms with Gasteiger partial charge in [0.15, 0.2) is 0 Å². The fourth-order valence-corrected chi connectivity index (χ4v) is 4.39. The van der Waals surface area contributed by atoms with E-state index < -0.39 is 5.97 Å². The molecule has 7 heteroatoms. The number of carboxylic acid groups (broad SMARTS) is 1. The summed E-state index contributed by atoms with van der Waals surface area (Å²) in [5, 5.41) is 7.42. The van der Waals surface area contributed by atoms with Crippen molar-refractivity contribution in [1.29, 1.82) is 0 Å². The van der Waals surface area contributed by atoms with Crippen LogP contribution in [0.15, 0.2) is 42.5 Å². The predicted molar refractivity (Wildman–Crippen MR) is 129 cm³/mol. The average molecular weight is 459 g/mol. The molecule has 2 fully saturated rings. The Morgan fingerprint density at radius 1 is 1.06 bits per heavy atom. The zero-order valence-electron chi connectivity index (χ0n) is 19.8. The van der Waals surface area contributed by atoms with Crippen LogP contribution in [0.1, 0.15) is 40.0 Å². The fourth-order valence-electron chi connectivity index (χ4n) is 4.39. The zero-order chi connectivity index (χ0) is 23.8. The first kappa shape index (κ1) is 24.7. The lowest BCUT2D eigenvalue weighted by atomic mass is 9.95. The number of rotatable bonds is 6. The van der Waals surface area contributed by atoms with Gasteiger partial charge in [-0.2, -0.15) is 0 Å². The number of hydrogen-bond donors (Lipinski definition) is 1. The number of halogens is 1. The summed E-state index contributed by atoms with van der Waals surface area (Å²) in [5.41, 5.74) is 1.90. The standard InChI is InChI=1S/C24H31FN2O2.C2H4O2/c1-3-28-21-10-11-22(25)23(16-21)27-15-12-24(18(2)17-27)29-20-8-6-19(7-9-20)26-13-4-5-14-26;1-2(3)4/h6-11,16,18,24H,3-5,12-15,17H2,1-2H3;1H3,(H,3,4)/t18?,24-;/m1./s1. The van der Waals surface area contributed by atoms with Crippen molar-refractivity contribution < 1.29 is 23.8 Å². The lowest BCUT2D eigenvalue weighted by Crippen LogP contribution is -2.44. The number of carbonyl (C=O) groups is 1. The van der Waals surface area contributed by atoms with Crippen molar-refractivity contribution in [2.45, 2.75) is 46.1 Å². The van der Waals surface area contributed by atoms with Gasteiger partial charge < -0.3 is 24.4 Å². The smallest absolute Gasteiger partial charge is 0.300 e. The van der Waals surface area contributed by atoms with Crippen LogP contribution in [0.2, 0.25) is 0 Å². The third-order valence-electron chi connectivity index (χ3n) is 5.99. The van der Waals surface area contributed by atoms with Crippen LogP contribution < -0.4 is 19.3 Å². The van der Waals surface area contributed by atoms with Crippen molar-refractivity contribution in [2.24, 2.45) is 5.92 Å². The van der Waals surface area contributed by atoms with Gasteiger partial charge >= 0.3 is 0 Å². The molecular formula is C26H35FN2O4. The third-order valence-corrected chi connectivity index (χ3v) is 5.99. The van der Waals surface area contributed by atoms with Crippen LogP contribution in [0.25, 0.3) is 0 Å². The summed E-state index contributed by atoms with van der Waals surface area (Å²) in [4.78, 5) is 13.5. The van der Waals surface area contributed by atoms with E-state index in [1.54, 1.807) is 6.07 Å². The summed E-state index contributed by atoms with van der Waals surface area (Å²) >= 11 is 0. The molecule has 1 N–H and O–H groups in total. The minimum absolute atomic E-state index is 0.141. The highest BCUT2D eigenvalue weighted by atomic mass is 19.1. The summed E-state index contributed by atoms with van der Waals surface area (Å²) in [6.45, 7) is 9.61. The molecule has 0 aliphatic carbocycles. The minimum Gasteiger partial charge on any atom is -0.494 e. The predicted octanol–water partition coefficient (Wildman–Crippen LogP) is 5.21. The number of ether oxygens (including phenoxy) is 2. The molecule has 2 saturated heterocycles. The topological polar surface area (TPSA) is 62.2 Å². The van der Waals surface area contributed by atoms with Crippen molar-refractivity contribution in [1.82, 2.24) is 0 Å². The summed E-state index contributed by atoms with van der Waals surface area (Å²) in [6, 6.07) is 13.5. The van der Waals surface area contributed by atoms with Gasteiger partial charge in [0, 0.05) is 57.2 Å². The van der Waals surface area contributed by atoms with Gasteiger partial charge in [0.05, 0.1) is 12.3 Å². The molecule has 2 aromatic rings. The summed E-state index contributed by atoms with van der Waals surface area (Å²) in [5.74, 6) is 0.908. The maximum absolute atomic E-state index is 14.4. The van der Waals surface area contributed by atoms with Gasteiger partial charge in [0.1, 0.15) is 23.4 Å². The number of carboxylic acids is 1. The molecule has 4 rings (SSSR count). The summed E-state index contributed by atoms with van der Waals surface area (Å²) in [7, 11) is 0. The number of nitrogens with zero attached hydrogens (tertiary/aromatic N) is 2. The Kier molecular flexibility index (Phi) is 8.80. The molecule has 0 spiro atoms. The van der Waals surface area contributed by atoms with Crippen molar-refractivity contribution in [3.8, 4) is 11.5 Å². The molecule has 2 aliphatic rings. The van der Waals surface area contributed by atoms with E-state index in [1.807, 2.05) is 13.0 Å². The van der Waals surface area contributed by atoms with Gasteiger partial charge in [-0.15, -0.1) is 0 Å². The maximum atomic E-state index is 14.4. The molecule has 2 heterocycles. The molecule has 6 nitrogen and oxygen atoms in total. The second-order valence-corrected chi connectivity index (χ2v) is 8.62. The molecular weight excluding hydrogens is 423 g/mol. The Labute approximate surface area is 195 Å². The molecule has 2 aliphatic heterocycles. The van der Waals surface area contributed by atoms with E-state index in [0.717, 1.165) is 45.3 Å². The van der Waals surface area contributed by atoms with Crippen LogP contribution >= 0.6 is 0 Å². The lowest BCUT2D eigenvalue weighted by Gasteiger charge is -2.38. The lowest BCUT2D eigenvalue weighted by molar-refractivity contribution is -0.134. The second-order valence-electron chi connectivity index (χ2n) is 8.62. The SMILES string of the molecule is CC(=O)O.CCOc1ccc(F)c(N2CC[C@@H](Oc3ccc(N4CCCC4)cc3)C(C)C2)c1. The van der Waals surface area contributed by atoms with Crippen molar-refractivity contribution in [3.05, 3.63) is 48.3 Å². The first-order chi connectivity index (χ1) is 15.9. The molecule has 0 bridgehead atoms. The van der Waals surface area contributed by atoms with E-state index in [1.165, 1.54) is 24.6 Å². The van der Waals surface area contributed by atoms with Crippen LogP contribution in [0.5, 0.6) is 11.5 Å². The van der Waals surface area contributed by atoms with Gasteiger partial charge in [-0.25, -0.2) is 4.39 Å². The Balaban J connectivity index is 0.000000709. The molecule has 180 valence electrons. The third kappa shape index (κ3) is 7.01. The monoisotopic (exact) mass is 458 g/mol. The van der Waals surface area contributed by atoms with Gasteiger partial charge in [-0.05, 0) is 56.2 Å². The van der Waals surface area contributed by atoms with Crippen molar-refractivity contribution in [2.75, 3.05) is 42.6 Å².